The third-order valence-corrected chi connectivity index (χ3v) is 4.00. The van der Waals surface area contributed by atoms with Crippen molar-refractivity contribution >= 4 is 11.8 Å². The maximum absolute atomic E-state index is 5.31. The molecule has 3 rings (SSSR count). The lowest BCUT2D eigenvalue weighted by molar-refractivity contribution is 0.462. The molecule has 0 saturated carbocycles. The molecule has 116 valence electrons. The molecule has 3 aromatic rings. The Morgan fingerprint density at radius 1 is 1.18 bits per heavy atom. The van der Waals surface area contributed by atoms with Gasteiger partial charge in [0, 0.05) is 6.54 Å². The van der Waals surface area contributed by atoms with E-state index in [9.17, 15) is 0 Å². The summed E-state index contributed by atoms with van der Waals surface area (Å²) in [7, 11) is 0. The van der Waals surface area contributed by atoms with Crippen LogP contribution in [0.15, 0.2) is 28.0 Å². The molecule has 0 bridgehead atoms. The molecule has 0 fully saturated rings. The molecule has 3 heterocycles. The van der Waals surface area contributed by atoms with E-state index in [0.29, 0.717) is 17.5 Å². The lowest BCUT2D eigenvalue weighted by Crippen LogP contribution is -2.06. The van der Waals surface area contributed by atoms with Gasteiger partial charge in [0.2, 0.25) is 5.16 Å². The van der Waals surface area contributed by atoms with Crippen LogP contribution in [0, 0.1) is 0 Å². The highest BCUT2D eigenvalue weighted by Gasteiger charge is 2.12. The Balaban J connectivity index is 1.62. The topological polar surface area (TPSA) is 100 Å². The van der Waals surface area contributed by atoms with E-state index in [-0.39, 0.29) is 0 Å². The van der Waals surface area contributed by atoms with Crippen molar-refractivity contribution < 1.29 is 4.42 Å². The molecule has 10 heteroatoms. The highest BCUT2D eigenvalue weighted by atomic mass is 32.2. The predicted octanol–water partition coefficient (Wildman–Crippen LogP) is 1.39. The van der Waals surface area contributed by atoms with Gasteiger partial charge in [0.05, 0.1) is 12.0 Å². The second-order valence-electron chi connectivity index (χ2n) is 4.66. The van der Waals surface area contributed by atoms with E-state index in [1.54, 1.807) is 10.9 Å². The SMILES string of the molecule is CCCCn1nnnc1CSc1nnnn1Cc1ccco1. The first-order valence-electron chi connectivity index (χ1n) is 7.03. The lowest BCUT2D eigenvalue weighted by Gasteiger charge is -2.04. The van der Waals surface area contributed by atoms with E-state index < -0.39 is 0 Å². The first-order chi connectivity index (χ1) is 10.9. The summed E-state index contributed by atoms with van der Waals surface area (Å²) in [4.78, 5) is 0. The third kappa shape index (κ3) is 3.50. The Morgan fingerprint density at radius 2 is 2.05 bits per heavy atom. The minimum Gasteiger partial charge on any atom is -0.467 e. The number of hydrogen-bond acceptors (Lipinski definition) is 8. The molecule has 3 aromatic heterocycles. The molecule has 0 radical (unpaired) electrons. The molecule has 0 saturated heterocycles. The Kier molecular flexibility index (Phi) is 4.78. The maximum Gasteiger partial charge on any atom is 0.210 e. The van der Waals surface area contributed by atoms with Crippen LogP contribution in [0.1, 0.15) is 31.4 Å². The van der Waals surface area contributed by atoms with Crippen molar-refractivity contribution in [2.24, 2.45) is 0 Å². The Bertz CT molecular complexity index is 692. The molecule has 0 aliphatic heterocycles. The van der Waals surface area contributed by atoms with Gasteiger partial charge in [-0.2, -0.15) is 0 Å². The summed E-state index contributed by atoms with van der Waals surface area (Å²) in [5.74, 6) is 2.25. The number of aromatic nitrogens is 8. The van der Waals surface area contributed by atoms with Crippen LogP contribution in [0.2, 0.25) is 0 Å². The number of rotatable bonds is 8. The zero-order valence-electron chi connectivity index (χ0n) is 12.2. The van der Waals surface area contributed by atoms with Gasteiger partial charge in [-0.1, -0.05) is 25.1 Å². The molecule has 0 aliphatic rings. The van der Waals surface area contributed by atoms with E-state index in [4.69, 9.17) is 4.42 Å². The highest BCUT2D eigenvalue weighted by molar-refractivity contribution is 7.98. The maximum atomic E-state index is 5.31. The molecule has 0 amide bonds. The molecule has 22 heavy (non-hydrogen) atoms. The van der Waals surface area contributed by atoms with Crippen molar-refractivity contribution in [3.63, 3.8) is 0 Å². The monoisotopic (exact) mass is 320 g/mol. The molecule has 0 N–H and O–H groups in total. The van der Waals surface area contributed by atoms with E-state index in [0.717, 1.165) is 31.0 Å². The van der Waals surface area contributed by atoms with Crippen LogP contribution in [0.4, 0.5) is 0 Å². The molecule has 0 aliphatic carbocycles. The van der Waals surface area contributed by atoms with Gasteiger partial charge in [-0.3, -0.25) is 0 Å². The summed E-state index contributed by atoms with van der Waals surface area (Å²) < 4.78 is 8.84. The summed E-state index contributed by atoms with van der Waals surface area (Å²) in [6, 6.07) is 3.73. The van der Waals surface area contributed by atoms with Crippen LogP contribution < -0.4 is 0 Å². The number of hydrogen-bond donors (Lipinski definition) is 0. The fourth-order valence-corrected chi connectivity index (χ4v) is 2.70. The van der Waals surface area contributed by atoms with Crippen molar-refractivity contribution in [1.82, 2.24) is 40.4 Å². The average Bonchev–Trinajstić information content (AvgIpc) is 3.26. The molecule has 0 aromatic carbocycles. The summed E-state index contributed by atoms with van der Waals surface area (Å²) in [6.45, 7) is 3.47. The van der Waals surface area contributed by atoms with Crippen LogP contribution in [0.3, 0.4) is 0 Å². The van der Waals surface area contributed by atoms with Gasteiger partial charge in [0.15, 0.2) is 5.82 Å². The zero-order chi connectivity index (χ0) is 15.2. The van der Waals surface area contributed by atoms with Gasteiger partial charge in [0.25, 0.3) is 0 Å². The smallest absolute Gasteiger partial charge is 0.210 e. The number of unbranched alkanes of at least 4 members (excludes halogenated alkanes) is 1. The zero-order valence-corrected chi connectivity index (χ0v) is 13.0. The molecule has 0 unspecified atom stereocenters. The minimum atomic E-state index is 0.503. The fraction of sp³-hybridized carbons (Fsp3) is 0.500. The van der Waals surface area contributed by atoms with Gasteiger partial charge in [-0.15, -0.1) is 10.2 Å². The fourth-order valence-electron chi connectivity index (χ4n) is 1.89. The van der Waals surface area contributed by atoms with Crippen molar-refractivity contribution in [3.8, 4) is 0 Å². The van der Waals surface area contributed by atoms with Crippen molar-refractivity contribution in [2.45, 2.75) is 43.8 Å². The summed E-state index contributed by atoms with van der Waals surface area (Å²) >= 11 is 1.50. The van der Waals surface area contributed by atoms with Gasteiger partial charge in [0.1, 0.15) is 12.3 Å². The number of nitrogens with zero attached hydrogens (tertiary/aromatic N) is 8. The predicted molar refractivity (Wildman–Crippen MR) is 77.9 cm³/mol. The van der Waals surface area contributed by atoms with E-state index >= 15 is 0 Å². The first kappa shape index (κ1) is 14.7. The molecular weight excluding hydrogens is 304 g/mol. The van der Waals surface area contributed by atoms with E-state index in [2.05, 4.69) is 38.0 Å². The van der Waals surface area contributed by atoms with Crippen LogP contribution >= 0.6 is 11.8 Å². The standard InChI is InChI=1S/C12H16N8OS/c1-2-3-6-19-11(13-15-17-19)9-22-12-14-16-18-20(12)8-10-5-4-7-21-10/h4-5,7H,2-3,6,8-9H2,1H3. The van der Waals surface area contributed by atoms with E-state index in [1.807, 2.05) is 16.8 Å². The van der Waals surface area contributed by atoms with Gasteiger partial charge >= 0.3 is 0 Å². The quantitative estimate of drug-likeness (QED) is 0.574. The summed E-state index contributed by atoms with van der Waals surface area (Å²) in [5, 5.41) is 24.2. The highest BCUT2D eigenvalue weighted by Crippen LogP contribution is 2.19. The minimum absolute atomic E-state index is 0.503. The second kappa shape index (κ2) is 7.16. The first-order valence-corrected chi connectivity index (χ1v) is 8.01. The molecule has 0 spiro atoms. The Morgan fingerprint density at radius 3 is 2.86 bits per heavy atom. The van der Waals surface area contributed by atoms with Crippen LogP contribution in [0.25, 0.3) is 0 Å². The molecule has 0 atom stereocenters. The number of tetrazole rings is 2. The van der Waals surface area contributed by atoms with Gasteiger partial charge in [-0.05, 0) is 39.4 Å². The Hall–Kier alpha value is -2.23. The molecular formula is C12H16N8OS. The van der Waals surface area contributed by atoms with Crippen molar-refractivity contribution in [1.29, 1.82) is 0 Å². The van der Waals surface area contributed by atoms with E-state index in [1.165, 1.54) is 11.8 Å². The van der Waals surface area contributed by atoms with Gasteiger partial charge < -0.3 is 4.42 Å². The van der Waals surface area contributed by atoms with Crippen molar-refractivity contribution in [2.75, 3.05) is 0 Å². The summed E-state index contributed by atoms with van der Waals surface area (Å²) in [5.41, 5.74) is 0. The second-order valence-corrected chi connectivity index (χ2v) is 5.60. The number of furan rings is 1. The van der Waals surface area contributed by atoms with Crippen LogP contribution in [-0.2, 0) is 18.8 Å². The van der Waals surface area contributed by atoms with Crippen LogP contribution in [0.5, 0.6) is 0 Å². The number of thioether (sulfide) groups is 1. The van der Waals surface area contributed by atoms with Crippen molar-refractivity contribution in [3.05, 3.63) is 30.0 Å². The normalized spacial score (nSPS) is 11.1. The van der Waals surface area contributed by atoms with Crippen LogP contribution in [-0.4, -0.2) is 40.4 Å². The third-order valence-electron chi connectivity index (χ3n) is 3.04. The lowest BCUT2D eigenvalue weighted by atomic mass is 10.3. The number of aryl methyl sites for hydroxylation is 1. The molecule has 9 nitrogen and oxygen atoms in total. The van der Waals surface area contributed by atoms with Gasteiger partial charge in [-0.25, -0.2) is 9.36 Å². The summed E-state index contributed by atoms with van der Waals surface area (Å²) in [6.07, 6.45) is 3.79. The average molecular weight is 320 g/mol. The largest absolute Gasteiger partial charge is 0.467 e. The Labute approximate surface area is 131 Å².